The first-order chi connectivity index (χ1) is 18.1. The first-order valence-electron chi connectivity index (χ1n) is 14.8. The van der Waals surface area contributed by atoms with E-state index < -0.39 is 18.4 Å². The number of benzene rings is 2. The second-order valence-corrected chi connectivity index (χ2v) is 24.2. The molecule has 0 unspecified atom stereocenters. The number of hydrogen-bond acceptors (Lipinski definition) is 2. The number of carbonyl (C=O) groups excluding carboxylic acids is 1. The van der Waals surface area contributed by atoms with Crippen LogP contribution in [-0.2, 0) is 22.6 Å². The van der Waals surface area contributed by atoms with Crippen molar-refractivity contribution in [2.24, 2.45) is 5.92 Å². The molecule has 0 radical (unpaired) electrons. The van der Waals surface area contributed by atoms with E-state index in [1.54, 1.807) is 5.57 Å². The summed E-state index contributed by atoms with van der Waals surface area (Å²) in [5, 5.41) is 0. The number of ether oxygens (including phenoxy) is 1. The van der Waals surface area contributed by atoms with E-state index in [9.17, 15) is 4.79 Å². The van der Waals surface area contributed by atoms with E-state index in [-0.39, 0.29) is 18.1 Å². The summed E-state index contributed by atoms with van der Waals surface area (Å²) in [5.41, 5.74) is 4.08. The van der Waals surface area contributed by atoms with E-state index in [2.05, 4.69) is 72.2 Å². The van der Waals surface area contributed by atoms with E-state index in [1.807, 2.05) is 18.2 Å². The zero-order valence-electron chi connectivity index (χ0n) is 23.3. The van der Waals surface area contributed by atoms with Crippen LogP contribution in [0.2, 0.25) is 13.3 Å². The van der Waals surface area contributed by atoms with Gasteiger partial charge >= 0.3 is 230 Å². The third-order valence-corrected chi connectivity index (χ3v) is 22.9. The normalized spacial score (nSPS) is 22.4. The molecule has 2 fully saturated rings. The molecule has 0 aliphatic carbocycles. The summed E-state index contributed by atoms with van der Waals surface area (Å²) in [5.74, 6) is 0.570. The minimum absolute atomic E-state index is 0.176. The van der Waals surface area contributed by atoms with Gasteiger partial charge in [-0.15, -0.1) is 0 Å². The molecule has 2 aromatic rings. The first kappa shape index (κ1) is 28.4. The standard InChI is InChI=1S/C21H20NO2.3C4H9.Sn/c1-15-13-22-19(18(15)12-16-8-4-2-5-9-16)20(21(22)23)24-14-17-10-6-3-7-11-17;3*1-3-4-2;/h1-11,18-20H,12-14H2;3*1,3-4H2,2H3;/t18-,19-,20+;;;;/m0..../s1. The molecule has 3 atom stereocenters. The van der Waals surface area contributed by atoms with Crippen molar-refractivity contribution >= 4 is 24.3 Å². The zero-order chi connectivity index (χ0) is 26.1. The van der Waals surface area contributed by atoms with E-state index in [0.29, 0.717) is 12.5 Å². The van der Waals surface area contributed by atoms with Crippen molar-refractivity contribution in [3.8, 4) is 0 Å². The number of amides is 1. The van der Waals surface area contributed by atoms with Crippen molar-refractivity contribution in [2.45, 2.75) is 97.8 Å². The Bertz CT molecular complexity index is 984. The Morgan fingerprint density at radius 3 is 1.92 bits per heavy atom. The predicted octanol–water partition coefficient (Wildman–Crippen LogP) is 7.97. The van der Waals surface area contributed by atoms with Crippen LogP contribution >= 0.6 is 0 Å². The van der Waals surface area contributed by atoms with Crippen molar-refractivity contribution in [1.82, 2.24) is 4.90 Å². The Morgan fingerprint density at radius 1 is 0.838 bits per heavy atom. The number of unbranched alkanes of at least 4 members (excludes halogenated alkanes) is 3. The molecule has 0 saturated carbocycles. The average Bonchev–Trinajstić information content (AvgIpc) is 3.23. The summed E-state index contributed by atoms with van der Waals surface area (Å²) in [4.78, 5) is 15.4. The average molecular weight is 608 g/mol. The van der Waals surface area contributed by atoms with Crippen LogP contribution < -0.4 is 0 Å². The molecule has 0 aromatic heterocycles. The first-order valence-corrected chi connectivity index (χ1v) is 22.5. The fourth-order valence-corrected chi connectivity index (χ4v) is 22.0. The van der Waals surface area contributed by atoms with Crippen molar-refractivity contribution in [1.29, 1.82) is 0 Å². The zero-order valence-corrected chi connectivity index (χ0v) is 26.2. The molecule has 4 rings (SSSR count). The monoisotopic (exact) mass is 609 g/mol. The number of β-lactam (4-membered cyclic amide) rings is 1. The number of carbonyl (C=O) groups is 1. The number of hydrogen-bond donors (Lipinski definition) is 0. The maximum atomic E-state index is 13.3. The second kappa shape index (κ2) is 14.0. The van der Waals surface area contributed by atoms with E-state index in [4.69, 9.17) is 4.74 Å². The van der Waals surface area contributed by atoms with Gasteiger partial charge in [0.1, 0.15) is 0 Å². The van der Waals surface area contributed by atoms with Crippen LogP contribution in [-0.4, -0.2) is 47.9 Å². The molecular formula is C33H47NO2Sn. The fraction of sp³-hybridized carbons (Fsp3) is 0.545. The van der Waals surface area contributed by atoms with Crippen molar-refractivity contribution in [2.75, 3.05) is 6.54 Å². The molecule has 2 heterocycles. The van der Waals surface area contributed by atoms with Gasteiger partial charge in [-0.05, 0) is 0 Å². The summed E-state index contributed by atoms with van der Waals surface area (Å²) < 4.78 is 13.6. The summed E-state index contributed by atoms with van der Waals surface area (Å²) in [7, 11) is 0. The summed E-state index contributed by atoms with van der Waals surface area (Å²) in [6, 6.07) is 21.3. The number of fused-ring (bicyclic) bond motifs is 1. The van der Waals surface area contributed by atoms with Gasteiger partial charge < -0.3 is 0 Å². The Hall–Kier alpha value is -1.59. The number of nitrogens with zero attached hydrogens (tertiary/aromatic N) is 1. The van der Waals surface area contributed by atoms with Gasteiger partial charge in [0.25, 0.3) is 0 Å². The SMILES string of the molecule is CCC[CH2][Sn](/[CH]=C1\CN2C(=O)[C@H](OCc3ccccc3)[C@@H]2[C@H]1Cc1ccccc1)([CH2]CCC)[CH2]CCC. The molecular weight excluding hydrogens is 561 g/mol. The Kier molecular flexibility index (Phi) is 10.7. The fourth-order valence-electron chi connectivity index (χ4n) is 6.46. The van der Waals surface area contributed by atoms with Crippen molar-refractivity contribution in [3.63, 3.8) is 0 Å². The Morgan fingerprint density at radius 2 is 1.38 bits per heavy atom. The molecule has 2 aromatic carbocycles. The van der Waals surface area contributed by atoms with Crippen LogP contribution in [0.25, 0.3) is 0 Å². The topological polar surface area (TPSA) is 29.5 Å². The van der Waals surface area contributed by atoms with Gasteiger partial charge in [-0.2, -0.15) is 0 Å². The summed E-state index contributed by atoms with van der Waals surface area (Å²) >= 11 is -2.50. The molecule has 37 heavy (non-hydrogen) atoms. The maximum absolute atomic E-state index is 13.3. The third-order valence-electron chi connectivity index (χ3n) is 8.59. The van der Waals surface area contributed by atoms with E-state index >= 15 is 0 Å². The second-order valence-electron chi connectivity index (χ2n) is 11.4. The molecule has 3 nitrogen and oxygen atoms in total. The van der Waals surface area contributed by atoms with Crippen LogP contribution in [0.1, 0.15) is 70.4 Å². The van der Waals surface area contributed by atoms with E-state index in [0.717, 1.165) is 18.5 Å². The third kappa shape index (κ3) is 7.09. The molecule has 0 N–H and O–H groups in total. The van der Waals surface area contributed by atoms with Gasteiger partial charge in [-0.25, -0.2) is 0 Å². The molecule has 200 valence electrons. The quantitative estimate of drug-likeness (QED) is 0.152. The summed E-state index contributed by atoms with van der Waals surface area (Å²) in [6.45, 7) is 8.37. The number of rotatable bonds is 15. The Balaban J connectivity index is 1.63. The van der Waals surface area contributed by atoms with Crippen molar-refractivity contribution < 1.29 is 9.53 Å². The predicted molar refractivity (Wildman–Crippen MR) is 157 cm³/mol. The molecule has 0 bridgehead atoms. The van der Waals surface area contributed by atoms with Crippen LogP contribution in [0.5, 0.6) is 0 Å². The van der Waals surface area contributed by atoms with Crippen LogP contribution in [0.4, 0.5) is 0 Å². The van der Waals surface area contributed by atoms with Gasteiger partial charge in [-0.1, -0.05) is 0 Å². The van der Waals surface area contributed by atoms with Gasteiger partial charge in [0.05, 0.1) is 0 Å². The van der Waals surface area contributed by atoms with Crippen LogP contribution in [0.3, 0.4) is 0 Å². The van der Waals surface area contributed by atoms with E-state index in [1.165, 1.54) is 57.4 Å². The minimum atomic E-state index is -2.50. The van der Waals surface area contributed by atoms with Gasteiger partial charge in [0, 0.05) is 0 Å². The summed E-state index contributed by atoms with van der Waals surface area (Å²) in [6.07, 6.45) is 8.65. The molecule has 1 amide bonds. The van der Waals surface area contributed by atoms with Gasteiger partial charge in [0.2, 0.25) is 0 Å². The van der Waals surface area contributed by atoms with Crippen molar-refractivity contribution in [3.05, 3.63) is 81.5 Å². The molecule has 2 saturated heterocycles. The van der Waals surface area contributed by atoms with Crippen LogP contribution in [0.15, 0.2) is 70.3 Å². The molecule has 2 aliphatic rings. The molecule has 4 heteroatoms. The van der Waals surface area contributed by atoms with Crippen LogP contribution in [0, 0.1) is 5.92 Å². The Labute approximate surface area is 229 Å². The van der Waals surface area contributed by atoms with Gasteiger partial charge in [-0.3, -0.25) is 0 Å². The van der Waals surface area contributed by atoms with Gasteiger partial charge in [0.15, 0.2) is 0 Å². The molecule has 2 aliphatic heterocycles. The molecule has 0 spiro atoms.